The van der Waals surface area contributed by atoms with E-state index in [4.69, 9.17) is 14.7 Å². The van der Waals surface area contributed by atoms with E-state index in [1.165, 1.54) is 3.71 Å². The summed E-state index contributed by atoms with van der Waals surface area (Å²) in [6.45, 7) is 7.08. The number of amides is 1. The van der Waals surface area contributed by atoms with Gasteiger partial charge in [-0.3, -0.25) is 0 Å². The van der Waals surface area contributed by atoms with Crippen molar-refractivity contribution in [2.75, 3.05) is 18.0 Å². The van der Waals surface area contributed by atoms with E-state index in [-0.39, 0.29) is 18.2 Å². The molecule has 0 aromatic carbocycles. The van der Waals surface area contributed by atoms with Crippen LogP contribution in [0.15, 0.2) is 24.3 Å². The predicted molar refractivity (Wildman–Crippen MR) is 129 cm³/mol. The van der Waals surface area contributed by atoms with Crippen LogP contribution in [0, 0.1) is 0 Å². The number of carbonyl (C=O) groups excluding carboxylic acids is 1. The van der Waals surface area contributed by atoms with Gasteiger partial charge < -0.3 is 0 Å². The number of ether oxygens (including phenoxy) is 1. The Labute approximate surface area is 194 Å². The Kier molecular flexibility index (Phi) is 6.33. The molecule has 1 atom stereocenters. The van der Waals surface area contributed by atoms with E-state index in [1.54, 1.807) is 4.90 Å². The summed E-state index contributed by atoms with van der Waals surface area (Å²) in [5.41, 5.74) is 1.26. The summed E-state index contributed by atoms with van der Waals surface area (Å²) < 4.78 is 20.5. The predicted octanol–water partition coefficient (Wildman–Crippen LogP) is 4.49. The SMILES string of the molecule is CC(C)(C)OC(=O)N(C1CC(F)C1)C1CCN(c2ccc3n[c]([Sn]([CH3])([CH3])[CH3])ccc3n2)C1. The Bertz CT molecular complexity index is 998. The Morgan fingerprint density at radius 1 is 1.09 bits per heavy atom. The number of anilines is 1. The Morgan fingerprint density at radius 3 is 2.38 bits per heavy atom. The normalized spacial score (nSPS) is 23.8. The van der Waals surface area contributed by atoms with E-state index in [1.807, 2.05) is 26.8 Å². The van der Waals surface area contributed by atoms with Gasteiger partial charge in [-0.1, -0.05) is 0 Å². The van der Waals surface area contributed by atoms with E-state index in [9.17, 15) is 9.18 Å². The summed E-state index contributed by atoms with van der Waals surface area (Å²) >= 11 is -2.23. The van der Waals surface area contributed by atoms with Gasteiger partial charge in [0, 0.05) is 0 Å². The van der Waals surface area contributed by atoms with E-state index in [0.717, 1.165) is 29.8 Å². The van der Waals surface area contributed by atoms with Crippen LogP contribution in [0.5, 0.6) is 0 Å². The number of pyridine rings is 2. The first kappa shape index (κ1) is 23.5. The third-order valence-electron chi connectivity index (χ3n) is 6.23. The molecule has 0 spiro atoms. The van der Waals surface area contributed by atoms with Crippen LogP contribution in [0.4, 0.5) is 15.0 Å². The molecular weight excluding hydrogens is 514 g/mol. The van der Waals surface area contributed by atoms with Gasteiger partial charge in [-0.2, -0.15) is 0 Å². The molecular formula is C24H35FN4O2Sn. The average Bonchev–Trinajstić information content (AvgIpc) is 3.13. The molecule has 6 nitrogen and oxygen atoms in total. The van der Waals surface area contributed by atoms with Crippen LogP contribution in [0.2, 0.25) is 14.8 Å². The molecule has 1 saturated carbocycles. The third-order valence-corrected chi connectivity index (χ3v) is 11.4. The van der Waals surface area contributed by atoms with Crippen LogP contribution >= 0.6 is 0 Å². The molecule has 2 aliphatic rings. The second-order valence-corrected chi connectivity index (χ2v) is 25.5. The number of hydrogen-bond acceptors (Lipinski definition) is 5. The summed E-state index contributed by atoms with van der Waals surface area (Å²) in [5.74, 6) is 0.898. The van der Waals surface area contributed by atoms with Gasteiger partial charge in [-0.15, -0.1) is 0 Å². The summed E-state index contributed by atoms with van der Waals surface area (Å²) in [4.78, 5) is 33.8. The molecule has 1 aliphatic heterocycles. The molecule has 32 heavy (non-hydrogen) atoms. The molecule has 0 bridgehead atoms. The van der Waals surface area contributed by atoms with Crippen molar-refractivity contribution >= 4 is 45.0 Å². The zero-order chi connectivity index (χ0) is 23.3. The van der Waals surface area contributed by atoms with Crippen molar-refractivity contribution in [1.82, 2.24) is 14.9 Å². The first-order chi connectivity index (χ1) is 14.9. The summed E-state index contributed by atoms with van der Waals surface area (Å²) in [6, 6.07) is 8.21. The van der Waals surface area contributed by atoms with Crippen molar-refractivity contribution in [3.05, 3.63) is 24.3 Å². The number of carbonyl (C=O) groups is 1. The van der Waals surface area contributed by atoms with E-state index < -0.39 is 30.1 Å². The van der Waals surface area contributed by atoms with Gasteiger partial charge in [0.05, 0.1) is 0 Å². The molecule has 8 heteroatoms. The number of fused-ring (bicyclic) bond motifs is 1. The van der Waals surface area contributed by atoms with Crippen LogP contribution in [-0.4, -0.2) is 76.3 Å². The molecule has 1 amide bonds. The fraction of sp³-hybridized carbons (Fsp3) is 0.625. The minimum absolute atomic E-state index is 0.00434. The van der Waals surface area contributed by atoms with E-state index >= 15 is 0 Å². The number of aromatic nitrogens is 2. The first-order valence-corrected chi connectivity index (χ1v) is 21.6. The maximum atomic E-state index is 13.6. The number of alkyl halides is 1. The van der Waals surface area contributed by atoms with Crippen molar-refractivity contribution in [1.29, 1.82) is 0 Å². The summed E-state index contributed by atoms with van der Waals surface area (Å²) in [6.07, 6.45) is 0.466. The van der Waals surface area contributed by atoms with Gasteiger partial charge >= 0.3 is 158 Å². The average molecular weight is 549 g/mol. The number of nitrogens with zero attached hydrogens (tertiary/aromatic N) is 4. The molecule has 2 aromatic rings. The molecule has 4 rings (SSSR count). The second-order valence-electron chi connectivity index (χ2n) is 11.2. The molecule has 1 unspecified atom stereocenters. The Morgan fingerprint density at radius 2 is 1.75 bits per heavy atom. The quantitative estimate of drug-likeness (QED) is 0.527. The minimum atomic E-state index is -2.23. The maximum absolute atomic E-state index is 13.6. The molecule has 174 valence electrons. The third kappa shape index (κ3) is 5.12. The fourth-order valence-corrected chi connectivity index (χ4v) is 7.40. The first-order valence-electron chi connectivity index (χ1n) is 11.6. The van der Waals surface area contributed by atoms with Gasteiger partial charge in [-0.05, 0) is 20.8 Å². The zero-order valence-electron chi connectivity index (χ0n) is 20.1. The van der Waals surface area contributed by atoms with Crippen LogP contribution < -0.4 is 8.61 Å². The topological polar surface area (TPSA) is 58.6 Å². The van der Waals surface area contributed by atoms with E-state index in [0.29, 0.717) is 19.4 Å². The van der Waals surface area contributed by atoms with Crippen molar-refractivity contribution in [3.8, 4) is 0 Å². The van der Waals surface area contributed by atoms with Crippen molar-refractivity contribution < 1.29 is 13.9 Å². The molecule has 0 radical (unpaired) electrons. The van der Waals surface area contributed by atoms with E-state index in [2.05, 4.69) is 37.9 Å². The van der Waals surface area contributed by atoms with Crippen LogP contribution in [0.3, 0.4) is 0 Å². The van der Waals surface area contributed by atoms with Crippen LogP contribution in [-0.2, 0) is 4.74 Å². The number of hydrogen-bond donors (Lipinski definition) is 0. The number of rotatable bonds is 4. The standard InChI is InChI=1S/C21H26FN4O2.3CH3.Sn/c1-21(2,3)28-20(27)26(16-11-14(22)12-16)15-8-10-25(13-15)19-7-6-17-18(24-19)5-4-9-23-17;;;;/h4-7,14-16H,8,10-13H2,1-3H3;3*1H3;. The van der Waals surface area contributed by atoms with Crippen molar-refractivity contribution in [2.24, 2.45) is 0 Å². The summed E-state index contributed by atoms with van der Waals surface area (Å²) in [5, 5.41) is 0. The molecule has 1 aliphatic carbocycles. The van der Waals surface area contributed by atoms with Gasteiger partial charge in [0.2, 0.25) is 0 Å². The zero-order valence-corrected chi connectivity index (χ0v) is 22.9. The Hall–Kier alpha value is -1.64. The van der Waals surface area contributed by atoms with Crippen LogP contribution in [0.1, 0.15) is 40.0 Å². The van der Waals surface area contributed by atoms with Crippen LogP contribution in [0.25, 0.3) is 11.0 Å². The molecule has 1 saturated heterocycles. The number of halogens is 1. The van der Waals surface area contributed by atoms with Gasteiger partial charge in [0.25, 0.3) is 0 Å². The molecule has 0 N–H and O–H groups in total. The monoisotopic (exact) mass is 550 g/mol. The molecule has 2 aromatic heterocycles. The fourth-order valence-electron chi connectivity index (χ4n) is 4.43. The van der Waals surface area contributed by atoms with Crippen molar-refractivity contribution in [3.63, 3.8) is 0 Å². The second kappa shape index (κ2) is 8.61. The van der Waals surface area contributed by atoms with Crippen molar-refractivity contribution in [2.45, 2.75) is 78.7 Å². The van der Waals surface area contributed by atoms with Gasteiger partial charge in [-0.25, -0.2) is 4.39 Å². The van der Waals surface area contributed by atoms with Gasteiger partial charge in [0.15, 0.2) is 0 Å². The molecule has 2 fully saturated rings. The van der Waals surface area contributed by atoms with Gasteiger partial charge in [0.1, 0.15) is 11.8 Å². The molecule has 3 heterocycles. The Balaban J connectivity index is 1.51. The summed E-state index contributed by atoms with van der Waals surface area (Å²) in [7, 11) is 0.